The normalized spacial score (nSPS) is 19.4. The second-order valence-corrected chi connectivity index (χ2v) is 12.7. The minimum atomic E-state index is 0.113. The molecule has 14 heavy (non-hydrogen) atoms. The fraction of sp³-hybridized carbons (Fsp3) is 0.222. The van der Waals surface area contributed by atoms with Crippen LogP contribution in [0.3, 0.4) is 0 Å². The molecule has 0 fully saturated rings. The molecule has 2 nitrogen and oxygen atoms in total. The molecular weight excluding hydrogens is 517 g/mol. The van der Waals surface area contributed by atoms with Crippen molar-refractivity contribution in [3.05, 3.63) is 32.0 Å². The Kier molecular flexibility index (Phi) is 6.36. The van der Waals surface area contributed by atoms with Gasteiger partial charge in [-0.05, 0) is 0 Å². The molecule has 1 unspecified atom stereocenters. The predicted octanol–water partition coefficient (Wildman–Crippen LogP) is -0.407. The summed E-state index contributed by atoms with van der Waals surface area (Å²) in [6, 6.07) is 0. The van der Waals surface area contributed by atoms with Gasteiger partial charge in [0.25, 0.3) is 0 Å². The van der Waals surface area contributed by atoms with Crippen LogP contribution in [0.2, 0.25) is 0 Å². The van der Waals surface area contributed by atoms with Gasteiger partial charge in [0, 0.05) is 0 Å². The van der Waals surface area contributed by atoms with E-state index < -0.39 is 0 Å². The van der Waals surface area contributed by atoms with Gasteiger partial charge in [-0.1, -0.05) is 0 Å². The van der Waals surface area contributed by atoms with Crippen LogP contribution < -0.4 is 28.5 Å². The average molecular weight is 529 g/mol. The summed E-state index contributed by atoms with van der Waals surface area (Å²) in [6.45, 7) is 6.17. The molecule has 1 heterocycles. The van der Waals surface area contributed by atoms with E-state index in [-0.39, 0.29) is 34.0 Å². The Morgan fingerprint density at radius 1 is 1.79 bits per heavy atom. The molecule has 0 aromatic carbocycles. The van der Waals surface area contributed by atoms with Crippen LogP contribution >= 0.6 is 39.3 Å². The minimum absolute atomic E-state index is 0.113. The van der Waals surface area contributed by atoms with Gasteiger partial charge < -0.3 is 0 Å². The van der Waals surface area contributed by atoms with Crippen molar-refractivity contribution in [3.63, 3.8) is 0 Å². The van der Waals surface area contributed by atoms with Crippen LogP contribution in [0.4, 0.5) is 0 Å². The first-order valence-electron chi connectivity index (χ1n) is 3.99. The van der Waals surface area contributed by atoms with E-state index in [1.165, 1.54) is 12.8 Å². The van der Waals surface area contributed by atoms with Gasteiger partial charge in [0.1, 0.15) is 0 Å². The van der Waals surface area contributed by atoms with Crippen molar-refractivity contribution in [3.8, 4) is 0 Å². The third kappa shape index (κ3) is 3.65. The zero-order valence-corrected chi connectivity index (χ0v) is 14.2. The number of hydrogen-bond donors (Lipinski definition) is 2. The SMILES string of the molecule is C=C(I)C(C)C1=CC=C[I-]I=C1NN. The van der Waals surface area contributed by atoms with Crippen LogP contribution in [0.15, 0.2) is 32.0 Å². The maximum atomic E-state index is 5.56. The van der Waals surface area contributed by atoms with Crippen LogP contribution in [0.5, 0.6) is 0 Å². The third-order valence-electron chi connectivity index (χ3n) is 1.83. The fourth-order valence-corrected chi connectivity index (χ4v) is 8.94. The monoisotopic (exact) mass is 529 g/mol. The molecule has 0 saturated carbocycles. The number of hydrogen-bond acceptors (Lipinski definition) is 2. The van der Waals surface area contributed by atoms with Crippen molar-refractivity contribution in [1.29, 1.82) is 0 Å². The molecular formula is C9H12I3N2-. The summed E-state index contributed by atoms with van der Waals surface area (Å²) in [5.74, 6) is 5.95. The summed E-state index contributed by atoms with van der Waals surface area (Å²) in [4.78, 5) is 0. The quantitative estimate of drug-likeness (QED) is 0.297. The van der Waals surface area contributed by atoms with Crippen LogP contribution in [-0.2, 0) is 0 Å². The number of allylic oxidation sites excluding steroid dienone is 3. The van der Waals surface area contributed by atoms with Gasteiger partial charge >= 0.3 is 116 Å². The van der Waals surface area contributed by atoms with E-state index in [4.69, 9.17) is 5.84 Å². The summed E-state index contributed by atoms with van der Waals surface area (Å²) in [5, 5.41) is 0. The Morgan fingerprint density at radius 2 is 2.50 bits per heavy atom. The molecule has 0 aromatic heterocycles. The fourth-order valence-electron chi connectivity index (χ4n) is 0.954. The number of rotatable bonds is 3. The summed E-state index contributed by atoms with van der Waals surface area (Å²) in [6.07, 6.45) is 4.35. The number of halogens is 3. The van der Waals surface area contributed by atoms with Crippen LogP contribution in [0.25, 0.3) is 0 Å². The summed E-state index contributed by atoms with van der Waals surface area (Å²) in [7, 11) is 0. The van der Waals surface area contributed by atoms with Crippen LogP contribution in [0, 0.1) is 5.92 Å². The maximum absolute atomic E-state index is 5.56. The molecule has 3 N–H and O–H groups in total. The Hall–Kier alpha value is 1.20. The summed E-state index contributed by atoms with van der Waals surface area (Å²) >= 11 is 2.64. The molecule has 1 atom stereocenters. The van der Waals surface area contributed by atoms with E-state index in [9.17, 15) is 0 Å². The molecule has 0 radical (unpaired) electrons. The third-order valence-corrected chi connectivity index (χ3v) is 11.2. The van der Waals surface area contributed by atoms with Crippen molar-refractivity contribution >= 4 is 43.0 Å². The topological polar surface area (TPSA) is 38.0 Å². The molecule has 80 valence electrons. The molecule has 0 spiro atoms. The Balaban J connectivity index is 2.97. The van der Waals surface area contributed by atoms with Gasteiger partial charge in [0.05, 0.1) is 0 Å². The van der Waals surface area contributed by atoms with Crippen molar-refractivity contribution in [2.45, 2.75) is 6.92 Å². The van der Waals surface area contributed by atoms with E-state index >= 15 is 0 Å². The molecule has 1 aliphatic heterocycles. The number of nitrogens with one attached hydrogen (secondary N) is 1. The van der Waals surface area contributed by atoms with Gasteiger partial charge in [0.15, 0.2) is 0 Å². The average Bonchev–Trinajstić information content (AvgIpc) is 2.40. The molecule has 0 aromatic rings. The first kappa shape index (κ1) is 13.3. The van der Waals surface area contributed by atoms with Gasteiger partial charge in [-0.3, -0.25) is 0 Å². The second-order valence-electron chi connectivity index (χ2n) is 2.72. The first-order valence-corrected chi connectivity index (χ1v) is 13.7. The molecule has 0 saturated heterocycles. The molecule has 1 rings (SSSR count). The Labute approximate surface area is 115 Å². The standard InChI is InChI=1S/C9H12I3N2/c1-6(7(2)10)8-4-3-5-11-12-9(8)14-13/h3-6,14H,2,13H2,1H3/q-1. The van der Waals surface area contributed by atoms with Crippen molar-refractivity contribution in [2.75, 3.05) is 0 Å². The van der Waals surface area contributed by atoms with Gasteiger partial charge in [-0.2, -0.15) is 0 Å². The van der Waals surface area contributed by atoms with E-state index in [1.54, 1.807) is 0 Å². The van der Waals surface area contributed by atoms with Crippen molar-refractivity contribution < 1.29 is 17.2 Å². The molecule has 5 heteroatoms. The predicted molar refractivity (Wildman–Crippen MR) is 75.9 cm³/mol. The zero-order valence-electron chi connectivity index (χ0n) is 7.73. The zero-order chi connectivity index (χ0) is 10.6. The van der Waals surface area contributed by atoms with Gasteiger partial charge in [0.2, 0.25) is 0 Å². The van der Waals surface area contributed by atoms with Gasteiger partial charge in [-0.15, -0.1) is 0 Å². The van der Waals surface area contributed by atoms with Crippen molar-refractivity contribution in [1.82, 2.24) is 5.43 Å². The summed E-state index contributed by atoms with van der Waals surface area (Å²) in [5.41, 5.74) is 4.20. The van der Waals surface area contributed by atoms with Crippen molar-refractivity contribution in [2.24, 2.45) is 11.8 Å². The van der Waals surface area contributed by atoms with E-state index in [1.807, 2.05) is 0 Å². The summed E-state index contributed by atoms with van der Waals surface area (Å²) < 4.78 is 4.77. The van der Waals surface area contributed by atoms with Crippen LogP contribution in [-0.4, -0.2) is 3.63 Å². The molecule has 1 aliphatic rings. The first-order chi connectivity index (χ1) is 6.66. The van der Waals surface area contributed by atoms with Gasteiger partial charge in [-0.25, -0.2) is 0 Å². The second kappa shape index (κ2) is 6.71. The van der Waals surface area contributed by atoms with E-state index in [0.717, 1.165) is 0 Å². The Bertz CT molecular complexity index is 318. The molecule has 0 amide bonds. The van der Waals surface area contributed by atoms with E-state index in [0.29, 0.717) is 5.92 Å². The number of nitrogens with two attached hydrogens (primary N) is 1. The number of hydrazine groups is 1. The van der Waals surface area contributed by atoms with E-state index in [2.05, 4.69) is 57.8 Å². The van der Waals surface area contributed by atoms with Crippen LogP contribution in [0.1, 0.15) is 6.92 Å². The molecule has 0 aliphatic carbocycles. The Morgan fingerprint density at radius 3 is 3.07 bits per heavy atom. The molecule has 0 bridgehead atoms.